The van der Waals surface area contributed by atoms with Crippen LogP contribution in [-0.2, 0) is 4.74 Å². The molecule has 0 bridgehead atoms. The van der Waals surface area contributed by atoms with Crippen molar-refractivity contribution in [3.8, 4) is 0 Å². The molecule has 1 amide bonds. The Morgan fingerprint density at radius 1 is 1.39 bits per heavy atom. The summed E-state index contributed by atoms with van der Waals surface area (Å²) in [6.45, 7) is 7.55. The molecule has 1 rings (SSSR count). The fourth-order valence-corrected chi connectivity index (χ4v) is 1.76. The van der Waals surface area contributed by atoms with E-state index < -0.39 is 0 Å². The highest BCUT2D eigenvalue weighted by Gasteiger charge is 2.10. The lowest BCUT2D eigenvalue weighted by atomic mass is 9.97. The zero-order chi connectivity index (χ0) is 13.5. The summed E-state index contributed by atoms with van der Waals surface area (Å²) in [7, 11) is 1.66. The lowest BCUT2D eigenvalue weighted by Crippen LogP contribution is -2.26. The van der Waals surface area contributed by atoms with Gasteiger partial charge in [0, 0.05) is 25.8 Å². The molecule has 0 radical (unpaired) electrons. The molecule has 0 aromatic heterocycles. The highest BCUT2D eigenvalue weighted by Crippen LogP contribution is 2.18. The van der Waals surface area contributed by atoms with Crippen molar-refractivity contribution < 1.29 is 9.53 Å². The standard InChI is InChI=1S/C15H23NO2/c1-11(2)13-7-6-12(3)14(10-13)15(17)16-8-5-9-18-4/h6-7,10-11H,5,8-9H2,1-4H3,(H,16,17). The first kappa shape index (κ1) is 14.7. The van der Waals surface area contributed by atoms with Gasteiger partial charge in [-0.15, -0.1) is 0 Å². The normalized spacial score (nSPS) is 10.7. The highest BCUT2D eigenvalue weighted by molar-refractivity contribution is 5.95. The fourth-order valence-electron chi connectivity index (χ4n) is 1.76. The molecule has 1 aromatic rings. The van der Waals surface area contributed by atoms with E-state index in [1.54, 1.807) is 7.11 Å². The minimum atomic E-state index is 0.00565. The van der Waals surface area contributed by atoms with Crippen molar-refractivity contribution in [2.24, 2.45) is 0 Å². The van der Waals surface area contributed by atoms with E-state index in [-0.39, 0.29) is 5.91 Å². The quantitative estimate of drug-likeness (QED) is 0.787. The second kappa shape index (κ2) is 7.17. The molecule has 0 heterocycles. The number of benzene rings is 1. The third kappa shape index (κ3) is 4.15. The summed E-state index contributed by atoms with van der Waals surface area (Å²) in [6, 6.07) is 6.09. The van der Waals surface area contributed by atoms with Crippen LogP contribution in [-0.4, -0.2) is 26.2 Å². The summed E-state index contributed by atoms with van der Waals surface area (Å²) in [5, 5.41) is 2.92. The lowest BCUT2D eigenvalue weighted by molar-refractivity contribution is 0.0948. The fraction of sp³-hybridized carbons (Fsp3) is 0.533. The number of aryl methyl sites for hydroxylation is 1. The number of amides is 1. The van der Waals surface area contributed by atoms with Gasteiger partial charge in [-0.2, -0.15) is 0 Å². The second-order valence-corrected chi connectivity index (χ2v) is 4.83. The van der Waals surface area contributed by atoms with Crippen LogP contribution in [0.2, 0.25) is 0 Å². The van der Waals surface area contributed by atoms with Crippen LogP contribution >= 0.6 is 0 Å². The van der Waals surface area contributed by atoms with Gasteiger partial charge in [-0.05, 0) is 36.5 Å². The molecule has 3 heteroatoms. The number of ether oxygens (including phenoxy) is 1. The maximum absolute atomic E-state index is 12.1. The summed E-state index contributed by atoms with van der Waals surface area (Å²) in [5.41, 5.74) is 2.99. The number of nitrogens with one attached hydrogen (secondary N) is 1. The topological polar surface area (TPSA) is 38.3 Å². The predicted molar refractivity (Wildman–Crippen MR) is 74.1 cm³/mol. The van der Waals surface area contributed by atoms with Crippen LogP contribution in [0.25, 0.3) is 0 Å². The molecule has 0 unspecified atom stereocenters. The average molecular weight is 249 g/mol. The van der Waals surface area contributed by atoms with Crippen LogP contribution in [0.3, 0.4) is 0 Å². The van der Waals surface area contributed by atoms with E-state index in [4.69, 9.17) is 4.74 Å². The van der Waals surface area contributed by atoms with Crippen molar-refractivity contribution in [1.82, 2.24) is 5.32 Å². The predicted octanol–water partition coefficient (Wildman–Crippen LogP) is 2.88. The largest absolute Gasteiger partial charge is 0.385 e. The Morgan fingerprint density at radius 2 is 2.11 bits per heavy atom. The minimum absolute atomic E-state index is 0.00565. The van der Waals surface area contributed by atoms with Crippen molar-refractivity contribution in [3.05, 3.63) is 34.9 Å². The molecule has 0 fully saturated rings. The maximum Gasteiger partial charge on any atom is 0.251 e. The number of hydrogen-bond donors (Lipinski definition) is 1. The van der Waals surface area contributed by atoms with Gasteiger partial charge >= 0.3 is 0 Å². The van der Waals surface area contributed by atoms with Crippen molar-refractivity contribution in [1.29, 1.82) is 0 Å². The van der Waals surface area contributed by atoms with E-state index >= 15 is 0 Å². The molecular formula is C15H23NO2. The Hall–Kier alpha value is -1.35. The van der Waals surface area contributed by atoms with Gasteiger partial charge in [0.15, 0.2) is 0 Å². The Kier molecular flexibility index (Phi) is 5.86. The molecule has 0 aliphatic rings. The van der Waals surface area contributed by atoms with Crippen molar-refractivity contribution in [3.63, 3.8) is 0 Å². The number of hydrogen-bond acceptors (Lipinski definition) is 2. The molecule has 1 N–H and O–H groups in total. The zero-order valence-electron chi connectivity index (χ0n) is 11.7. The summed E-state index contributed by atoms with van der Waals surface area (Å²) < 4.78 is 4.95. The molecular weight excluding hydrogens is 226 g/mol. The van der Waals surface area contributed by atoms with E-state index in [2.05, 4.69) is 25.2 Å². The first-order valence-electron chi connectivity index (χ1n) is 6.44. The number of carbonyl (C=O) groups excluding carboxylic acids is 1. The molecule has 0 aliphatic heterocycles. The average Bonchev–Trinajstić information content (AvgIpc) is 2.34. The van der Waals surface area contributed by atoms with Gasteiger partial charge in [-0.25, -0.2) is 0 Å². The van der Waals surface area contributed by atoms with Crippen LogP contribution in [0.4, 0.5) is 0 Å². The zero-order valence-corrected chi connectivity index (χ0v) is 11.7. The highest BCUT2D eigenvalue weighted by atomic mass is 16.5. The van der Waals surface area contributed by atoms with E-state index in [0.29, 0.717) is 19.1 Å². The summed E-state index contributed by atoms with van der Waals surface area (Å²) in [5.74, 6) is 0.441. The van der Waals surface area contributed by atoms with Crippen molar-refractivity contribution in [2.75, 3.05) is 20.3 Å². The lowest BCUT2D eigenvalue weighted by Gasteiger charge is -2.11. The summed E-state index contributed by atoms with van der Waals surface area (Å²) in [4.78, 5) is 12.1. The van der Waals surface area contributed by atoms with Gasteiger partial charge in [0.2, 0.25) is 0 Å². The number of carbonyl (C=O) groups is 1. The molecule has 0 saturated carbocycles. The van der Waals surface area contributed by atoms with Gasteiger partial charge < -0.3 is 10.1 Å². The van der Waals surface area contributed by atoms with E-state index in [1.165, 1.54) is 5.56 Å². The molecule has 1 aromatic carbocycles. The Morgan fingerprint density at radius 3 is 2.72 bits per heavy atom. The third-order valence-electron chi connectivity index (χ3n) is 2.98. The van der Waals surface area contributed by atoms with Gasteiger partial charge in [0.1, 0.15) is 0 Å². The number of methoxy groups -OCH3 is 1. The Balaban J connectivity index is 2.69. The minimum Gasteiger partial charge on any atom is -0.385 e. The molecule has 0 saturated heterocycles. The second-order valence-electron chi connectivity index (χ2n) is 4.83. The monoisotopic (exact) mass is 249 g/mol. The first-order valence-corrected chi connectivity index (χ1v) is 6.44. The van der Waals surface area contributed by atoms with Crippen LogP contribution in [0.15, 0.2) is 18.2 Å². The third-order valence-corrected chi connectivity index (χ3v) is 2.98. The molecule has 0 atom stereocenters. The summed E-state index contributed by atoms with van der Waals surface area (Å²) >= 11 is 0. The van der Waals surface area contributed by atoms with E-state index in [9.17, 15) is 4.79 Å². The van der Waals surface area contributed by atoms with Gasteiger partial charge in [-0.3, -0.25) is 4.79 Å². The molecule has 0 spiro atoms. The van der Waals surface area contributed by atoms with Crippen molar-refractivity contribution >= 4 is 5.91 Å². The van der Waals surface area contributed by atoms with Crippen LogP contribution in [0.5, 0.6) is 0 Å². The molecule has 18 heavy (non-hydrogen) atoms. The van der Waals surface area contributed by atoms with Gasteiger partial charge in [0.25, 0.3) is 5.91 Å². The van der Waals surface area contributed by atoms with Gasteiger partial charge in [0.05, 0.1) is 0 Å². The van der Waals surface area contributed by atoms with Crippen molar-refractivity contribution in [2.45, 2.75) is 33.1 Å². The Labute approximate surface area is 110 Å². The van der Waals surface area contributed by atoms with E-state index in [0.717, 1.165) is 17.5 Å². The molecule has 100 valence electrons. The molecule has 0 aliphatic carbocycles. The van der Waals surface area contributed by atoms with E-state index in [1.807, 2.05) is 19.1 Å². The van der Waals surface area contributed by atoms with Crippen LogP contribution in [0, 0.1) is 6.92 Å². The number of rotatable bonds is 6. The van der Waals surface area contributed by atoms with Crippen LogP contribution in [0.1, 0.15) is 47.7 Å². The maximum atomic E-state index is 12.1. The smallest absolute Gasteiger partial charge is 0.251 e. The molecule has 3 nitrogen and oxygen atoms in total. The van der Waals surface area contributed by atoms with Crippen LogP contribution < -0.4 is 5.32 Å². The summed E-state index contributed by atoms with van der Waals surface area (Å²) in [6.07, 6.45) is 0.838. The Bertz CT molecular complexity index is 399. The SMILES string of the molecule is COCCCNC(=O)c1cc(C(C)C)ccc1C. The first-order chi connectivity index (χ1) is 8.56. The van der Waals surface area contributed by atoms with Gasteiger partial charge in [-0.1, -0.05) is 26.0 Å².